The van der Waals surface area contributed by atoms with Gasteiger partial charge in [0.1, 0.15) is 0 Å². The Balaban J connectivity index is 2.35. The maximum atomic E-state index is 11.7. The minimum atomic E-state index is 0.0789. The molecule has 1 N–H and O–H groups in total. The van der Waals surface area contributed by atoms with E-state index in [1.165, 1.54) is 0 Å². The van der Waals surface area contributed by atoms with Crippen LogP contribution in [0, 0.1) is 0 Å². The SMILES string of the molecule is CC(C)SCC(=O)N1CCC[C@H]1CO. The summed E-state index contributed by atoms with van der Waals surface area (Å²) in [4.78, 5) is 13.5. The lowest BCUT2D eigenvalue weighted by Gasteiger charge is -2.23. The molecule has 0 spiro atoms. The van der Waals surface area contributed by atoms with Crippen LogP contribution in [0.3, 0.4) is 0 Å². The molecule has 1 fully saturated rings. The number of carbonyl (C=O) groups is 1. The van der Waals surface area contributed by atoms with Gasteiger partial charge in [-0.05, 0) is 18.1 Å². The first-order valence-electron chi connectivity index (χ1n) is 5.17. The zero-order valence-corrected chi connectivity index (χ0v) is 9.72. The highest BCUT2D eigenvalue weighted by molar-refractivity contribution is 8.00. The Morgan fingerprint density at radius 3 is 2.93 bits per heavy atom. The Kier molecular flexibility index (Phi) is 4.75. The van der Waals surface area contributed by atoms with Gasteiger partial charge in [-0.25, -0.2) is 0 Å². The Bertz CT molecular complexity index is 197. The van der Waals surface area contributed by atoms with E-state index >= 15 is 0 Å². The van der Waals surface area contributed by atoms with Crippen molar-refractivity contribution in [3.63, 3.8) is 0 Å². The lowest BCUT2D eigenvalue weighted by atomic mass is 10.2. The van der Waals surface area contributed by atoms with E-state index in [4.69, 9.17) is 5.11 Å². The molecule has 1 rings (SSSR count). The van der Waals surface area contributed by atoms with Crippen molar-refractivity contribution in [2.75, 3.05) is 18.9 Å². The van der Waals surface area contributed by atoms with E-state index in [1.54, 1.807) is 11.8 Å². The zero-order chi connectivity index (χ0) is 10.6. The third-order valence-electron chi connectivity index (χ3n) is 2.45. The second kappa shape index (κ2) is 5.61. The summed E-state index contributed by atoms with van der Waals surface area (Å²) in [5.41, 5.74) is 0. The van der Waals surface area contributed by atoms with Crippen LogP contribution in [0.5, 0.6) is 0 Å². The Morgan fingerprint density at radius 2 is 2.36 bits per heavy atom. The Hall–Kier alpha value is -0.220. The van der Waals surface area contributed by atoms with Crippen LogP contribution < -0.4 is 0 Å². The second-order valence-electron chi connectivity index (χ2n) is 3.93. The van der Waals surface area contributed by atoms with Gasteiger partial charge in [0.05, 0.1) is 18.4 Å². The van der Waals surface area contributed by atoms with Crippen LogP contribution in [0.25, 0.3) is 0 Å². The highest BCUT2D eigenvalue weighted by atomic mass is 32.2. The maximum Gasteiger partial charge on any atom is 0.232 e. The van der Waals surface area contributed by atoms with Gasteiger partial charge in [0.2, 0.25) is 5.91 Å². The van der Waals surface area contributed by atoms with E-state index in [1.807, 2.05) is 4.90 Å². The molecule has 1 saturated heterocycles. The molecule has 0 radical (unpaired) electrons. The van der Waals surface area contributed by atoms with Crippen molar-refractivity contribution in [1.82, 2.24) is 4.90 Å². The van der Waals surface area contributed by atoms with Gasteiger partial charge in [-0.1, -0.05) is 13.8 Å². The van der Waals surface area contributed by atoms with Crippen molar-refractivity contribution in [3.05, 3.63) is 0 Å². The van der Waals surface area contributed by atoms with Crippen molar-refractivity contribution in [2.45, 2.75) is 38.0 Å². The average Bonchev–Trinajstić information content (AvgIpc) is 2.61. The number of thioether (sulfide) groups is 1. The van der Waals surface area contributed by atoms with Gasteiger partial charge in [0, 0.05) is 6.54 Å². The molecule has 0 bridgehead atoms. The summed E-state index contributed by atoms with van der Waals surface area (Å²) in [7, 11) is 0. The van der Waals surface area contributed by atoms with Crippen LogP contribution in [0.4, 0.5) is 0 Å². The van der Waals surface area contributed by atoms with Crippen molar-refractivity contribution in [2.24, 2.45) is 0 Å². The van der Waals surface area contributed by atoms with Gasteiger partial charge in [-0.2, -0.15) is 0 Å². The Labute approximate surface area is 89.9 Å². The molecule has 1 amide bonds. The quantitative estimate of drug-likeness (QED) is 0.767. The molecular formula is C10H19NO2S. The number of hydrogen-bond acceptors (Lipinski definition) is 3. The molecule has 0 aromatic carbocycles. The van der Waals surface area contributed by atoms with E-state index in [9.17, 15) is 4.79 Å². The predicted molar refractivity (Wildman–Crippen MR) is 59.4 cm³/mol. The highest BCUT2D eigenvalue weighted by Gasteiger charge is 2.27. The van der Waals surface area contributed by atoms with Crippen LogP contribution in [-0.2, 0) is 4.79 Å². The summed E-state index contributed by atoms with van der Waals surface area (Å²) in [6.07, 6.45) is 1.98. The van der Waals surface area contributed by atoms with Crippen molar-refractivity contribution < 1.29 is 9.90 Å². The number of nitrogens with zero attached hydrogens (tertiary/aromatic N) is 1. The van der Waals surface area contributed by atoms with E-state index in [-0.39, 0.29) is 18.6 Å². The largest absolute Gasteiger partial charge is 0.394 e. The van der Waals surface area contributed by atoms with Crippen LogP contribution in [-0.4, -0.2) is 46.1 Å². The summed E-state index contributed by atoms with van der Waals surface area (Å²) in [5.74, 6) is 0.731. The first-order chi connectivity index (χ1) is 6.65. The topological polar surface area (TPSA) is 40.5 Å². The van der Waals surface area contributed by atoms with Crippen molar-refractivity contribution in [3.8, 4) is 0 Å². The van der Waals surface area contributed by atoms with Gasteiger partial charge in [-0.15, -0.1) is 11.8 Å². The van der Waals surface area contributed by atoms with Gasteiger partial charge < -0.3 is 10.0 Å². The van der Waals surface area contributed by atoms with Crippen LogP contribution >= 0.6 is 11.8 Å². The van der Waals surface area contributed by atoms with Gasteiger partial charge in [0.15, 0.2) is 0 Å². The lowest BCUT2D eigenvalue weighted by molar-refractivity contribution is -0.129. The lowest BCUT2D eigenvalue weighted by Crippen LogP contribution is -2.38. The fourth-order valence-electron chi connectivity index (χ4n) is 1.67. The number of hydrogen-bond donors (Lipinski definition) is 1. The molecular weight excluding hydrogens is 198 g/mol. The fraction of sp³-hybridized carbons (Fsp3) is 0.900. The molecule has 1 aliphatic rings. The summed E-state index contributed by atoms with van der Waals surface area (Å²) in [6, 6.07) is 0.0789. The molecule has 0 saturated carbocycles. The molecule has 1 heterocycles. The molecule has 4 heteroatoms. The third-order valence-corrected chi connectivity index (χ3v) is 3.53. The molecule has 0 aromatic rings. The molecule has 14 heavy (non-hydrogen) atoms. The van der Waals surface area contributed by atoms with Crippen LogP contribution in [0.15, 0.2) is 0 Å². The second-order valence-corrected chi connectivity index (χ2v) is 5.49. The molecule has 3 nitrogen and oxygen atoms in total. The van der Waals surface area contributed by atoms with Crippen molar-refractivity contribution in [1.29, 1.82) is 0 Å². The number of rotatable bonds is 4. The summed E-state index contributed by atoms with van der Waals surface area (Å²) < 4.78 is 0. The molecule has 0 unspecified atom stereocenters. The number of amides is 1. The van der Waals surface area contributed by atoms with E-state index in [0.29, 0.717) is 11.0 Å². The summed E-state index contributed by atoms with van der Waals surface area (Å²) >= 11 is 1.67. The number of aliphatic hydroxyl groups excluding tert-OH is 1. The maximum absolute atomic E-state index is 11.7. The van der Waals surface area contributed by atoms with Gasteiger partial charge in [-0.3, -0.25) is 4.79 Å². The molecule has 82 valence electrons. The average molecular weight is 217 g/mol. The van der Waals surface area contributed by atoms with Gasteiger partial charge >= 0.3 is 0 Å². The smallest absolute Gasteiger partial charge is 0.232 e. The number of likely N-dealkylation sites (tertiary alicyclic amines) is 1. The molecule has 1 aliphatic heterocycles. The van der Waals surface area contributed by atoms with Gasteiger partial charge in [0.25, 0.3) is 0 Å². The van der Waals surface area contributed by atoms with E-state index in [2.05, 4.69) is 13.8 Å². The zero-order valence-electron chi connectivity index (χ0n) is 8.90. The van der Waals surface area contributed by atoms with Crippen LogP contribution in [0.2, 0.25) is 0 Å². The fourth-order valence-corrected chi connectivity index (χ4v) is 2.32. The van der Waals surface area contributed by atoms with Crippen molar-refractivity contribution >= 4 is 17.7 Å². The third kappa shape index (κ3) is 3.17. The minimum Gasteiger partial charge on any atom is -0.394 e. The number of aliphatic hydroxyl groups is 1. The standard InChI is InChI=1S/C10H19NO2S/c1-8(2)14-7-10(13)11-5-3-4-9(11)6-12/h8-9,12H,3-7H2,1-2H3/t9-/m0/s1. The van der Waals surface area contributed by atoms with Crippen LogP contribution in [0.1, 0.15) is 26.7 Å². The summed E-state index contributed by atoms with van der Waals surface area (Å²) in [6.45, 7) is 5.11. The number of carbonyl (C=O) groups excluding carboxylic acids is 1. The summed E-state index contributed by atoms with van der Waals surface area (Å²) in [5, 5.41) is 9.56. The molecule has 0 aromatic heterocycles. The molecule has 1 atom stereocenters. The normalized spacial score (nSPS) is 22.0. The minimum absolute atomic E-state index is 0.0789. The first kappa shape index (κ1) is 11.9. The first-order valence-corrected chi connectivity index (χ1v) is 6.22. The Morgan fingerprint density at radius 1 is 1.64 bits per heavy atom. The highest BCUT2D eigenvalue weighted by Crippen LogP contribution is 2.19. The predicted octanol–water partition coefficient (Wildman–Crippen LogP) is 1.11. The van der Waals surface area contributed by atoms with E-state index in [0.717, 1.165) is 19.4 Å². The van der Waals surface area contributed by atoms with E-state index < -0.39 is 0 Å². The molecule has 0 aliphatic carbocycles. The monoisotopic (exact) mass is 217 g/mol.